The van der Waals surface area contributed by atoms with E-state index in [9.17, 15) is 9.18 Å². The summed E-state index contributed by atoms with van der Waals surface area (Å²) in [5, 5.41) is 4.13. The summed E-state index contributed by atoms with van der Waals surface area (Å²) < 4.78 is 25.4. The molecule has 110 valence electrons. The Morgan fingerprint density at radius 2 is 2.43 bits per heavy atom. The van der Waals surface area contributed by atoms with E-state index in [1.54, 1.807) is 23.9 Å². The fourth-order valence-electron chi connectivity index (χ4n) is 2.38. The fourth-order valence-corrected chi connectivity index (χ4v) is 2.38. The topological polar surface area (TPSA) is 53.3 Å². The van der Waals surface area contributed by atoms with Crippen LogP contribution in [0.2, 0.25) is 0 Å². The van der Waals surface area contributed by atoms with Gasteiger partial charge in [-0.1, -0.05) is 0 Å². The number of carbonyl (C=O) groups is 1. The third-order valence-electron chi connectivity index (χ3n) is 3.30. The summed E-state index contributed by atoms with van der Waals surface area (Å²) in [6.45, 7) is 2.58. The Balaban J connectivity index is 1.65. The van der Waals surface area contributed by atoms with E-state index in [0.717, 1.165) is 5.56 Å². The first kappa shape index (κ1) is 13.6. The Labute approximate surface area is 121 Å². The van der Waals surface area contributed by atoms with Gasteiger partial charge in [0.15, 0.2) is 0 Å². The van der Waals surface area contributed by atoms with Gasteiger partial charge in [0.05, 0.1) is 24.9 Å². The summed E-state index contributed by atoms with van der Waals surface area (Å²) in [6, 6.07) is 4.51. The molecule has 0 fully saturated rings. The van der Waals surface area contributed by atoms with Crippen molar-refractivity contribution in [1.82, 2.24) is 9.78 Å². The van der Waals surface area contributed by atoms with E-state index in [1.807, 2.05) is 0 Å². The van der Waals surface area contributed by atoms with Gasteiger partial charge >= 0.3 is 5.97 Å². The van der Waals surface area contributed by atoms with Gasteiger partial charge in [-0.25, -0.2) is 9.18 Å². The minimum absolute atomic E-state index is 0.114. The second kappa shape index (κ2) is 5.55. The lowest BCUT2D eigenvalue weighted by Gasteiger charge is -2.10. The largest absolute Gasteiger partial charge is 0.488 e. The van der Waals surface area contributed by atoms with Crippen molar-refractivity contribution in [2.45, 2.75) is 26.0 Å². The Morgan fingerprint density at radius 3 is 3.24 bits per heavy atom. The molecule has 0 spiro atoms. The van der Waals surface area contributed by atoms with Crippen LogP contribution in [0.15, 0.2) is 30.6 Å². The van der Waals surface area contributed by atoms with E-state index >= 15 is 0 Å². The van der Waals surface area contributed by atoms with Crippen molar-refractivity contribution in [3.63, 3.8) is 0 Å². The van der Waals surface area contributed by atoms with E-state index < -0.39 is 0 Å². The molecular weight excluding hydrogens is 275 g/mol. The predicted molar refractivity (Wildman–Crippen MR) is 72.7 cm³/mol. The highest BCUT2D eigenvalue weighted by Gasteiger charge is 2.24. The summed E-state index contributed by atoms with van der Waals surface area (Å²) >= 11 is 0. The summed E-state index contributed by atoms with van der Waals surface area (Å²) in [7, 11) is 0. The van der Waals surface area contributed by atoms with Crippen molar-refractivity contribution < 1.29 is 18.7 Å². The lowest BCUT2D eigenvalue weighted by molar-refractivity contribution is 0.0526. The third kappa shape index (κ3) is 2.89. The summed E-state index contributed by atoms with van der Waals surface area (Å²) in [4.78, 5) is 11.6. The van der Waals surface area contributed by atoms with E-state index in [2.05, 4.69) is 5.10 Å². The lowest BCUT2D eigenvalue weighted by Crippen LogP contribution is -2.21. The highest BCUT2D eigenvalue weighted by atomic mass is 19.1. The lowest BCUT2D eigenvalue weighted by atomic mass is 10.1. The SMILES string of the molecule is CCOC(=O)c1cnn(CC2Cc3cc(F)ccc3O2)c1. The number of ether oxygens (including phenoxy) is 2. The van der Waals surface area contributed by atoms with Crippen molar-refractivity contribution in [3.05, 3.63) is 47.5 Å². The van der Waals surface area contributed by atoms with Crippen LogP contribution in [0.25, 0.3) is 0 Å². The van der Waals surface area contributed by atoms with Crippen molar-refractivity contribution in [2.75, 3.05) is 6.61 Å². The van der Waals surface area contributed by atoms with Crippen LogP contribution in [-0.2, 0) is 17.7 Å². The van der Waals surface area contributed by atoms with Gasteiger partial charge in [0.25, 0.3) is 0 Å². The molecule has 5 nitrogen and oxygen atoms in total. The normalized spacial score (nSPS) is 16.4. The Hall–Kier alpha value is -2.37. The zero-order valence-electron chi connectivity index (χ0n) is 11.6. The maximum Gasteiger partial charge on any atom is 0.341 e. The van der Waals surface area contributed by atoms with Gasteiger partial charge in [-0.3, -0.25) is 4.68 Å². The molecule has 0 saturated carbocycles. The molecule has 21 heavy (non-hydrogen) atoms. The molecule has 2 heterocycles. The van der Waals surface area contributed by atoms with Crippen LogP contribution in [0.4, 0.5) is 4.39 Å². The molecule has 0 bridgehead atoms. The molecule has 2 aromatic rings. The Kier molecular flexibility index (Phi) is 3.60. The first-order valence-electron chi connectivity index (χ1n) is 6.80. The number of nitrogens with zero attached hydrogens (tertiary/aromatic N) is 2. The van der Waals surface area contributed by atoms with Gasteiger partial charge in [0.2, 0.25) is 0 Å². The minimum atomic E-state index is -0.388. The molecule has 0 amide bonds. The first-order chi connectivity index (χ1) is 10.2. The number of hydrogen-bond donors (Lipinski definition) is 0. The molecule has 1 aromatic heterocycles. The van der Waals surface area contributed by atoms with Crippen molar-refractivity contribution in [3.8, 4) is 5.75 Å². The summed E-state index contributed by atoms with van der Waals surface area (Å²) in [6.07, 6.45) is 3.61. The standard InChI is InChI=1S/C15H15FN2O3/c1-2-20-15(19)11-7-17-18(8-11)9-13-6-10-5-12(16)3-4-14(10)21-13/h3-5,7-8,13H,2,6,9H2,1H3. The van der Waals surface area contributed by atoms with Crippen LogP contribution in [0.1, 0.15) is 22.8 Å². The number of rotatable bonds is 4. The number of benzene rings is 1. The Morgan fingerprint density at radius 1 is 1.57 bits per heavy atom. The highest BCUT2D eigenvalue weighted by molar-refractivity contribution is 5.88. The van der Waals surface area contributed by atoms with Crippen LogP contribution in [0.3, 0.4) is 0 Å². The molecule has 1 atom stereocenters. The Bertz CT molecular complexity index is 669. The molecule has 3 rings (SSSR count). The number of fused-ring (bicyclic) bond motifs is 1. The predicted octanol–water partition coefficient (Wildman–Crippen LogP) is 2.20. The van der Waals surface area contributed by atoms with E-state index in [-0.39, 0.29) is 17.9 Å². The maximum atomic E-state index is 13.2. The van der Waals surface area contributed by atoms with Gasteiger partial charge in [-0.15, -0.1) is 0 Å². The summed E-state index contributed by atoms with van der Waals surface area (Å²) in [5.74, 6) is 0.0577. The molecular formula is C15H15FN2O3. The average molecular weight is 290 g/mol. The van der Waals surface area contributed by atoms with Crippen molar-refractivity contribution in [2.24, 2.45) is 0 Å². The quantitative estimate of drug-likeness (QED) is 0.810. The van der Waals surface area contributed by atoms with Gasteiger partial charge in [0, 0.05) is 18.2 Å². The third-order valence-corrected chi connectivity index (χ3v) is 3.30. The second-order valence-electron chi connectivity index (χ2n) is 4.87. The first-order valence-corrected chi connectivity index (χ1v) is 6.80. The molecule has 1 unspecified atom stereocenters. The van der Waals surface area contributed by atoms with Gasteiger partial charge < -0.3 is 9.47 Å². The molecule has 0 aliphatic carbocycles. The fraction of sp³-hybridized carbons (Fsp3) is 0.333. The van der Waals surface area contributed by atoms with E-state index in [4.69, 9.17) is 9.47 Å². The molecule has 0 radical (unpaired) electrons. The van der Waals surface area contributed by atoms with Gasteiger partial charge in [0.1, 0.15) is 17.7 Å². The number of esters is 1. The zero-order chi connectivity index (χ0) is 14.8. The van der Waals surface area contributed by atoms with Crippen LogP contribution in [0.5, 0.6) is 5.75 Å². The average Bonchev–Trinajstić information content (AvgIpc) is 3.05. The maximum absolute atomic E-state index is 13.2. The monoisotopic (exact) mass is 290 g/mol. The van der Waals surface area contributed by atoms with E-state index in [1.165, 1.54) is 18.3 Å². The van der Waals surface area contributed by atoms with Crippen molar-refractivity contribution >= 4 is 5.97 Å². The summed E-state index contributed by atoms with van der Waals surface area (Å²) in [5.41, 5.74) is 1.27. The van der Waals surface area contributed by atoms with E-state index in [0.29, 0.717) is 30.9 Å². The van der Waals surface area contributed by atoms with Crippen LogP contribution >= 0.6 is 0 Å². The van der Waals surface area contributed by atoms with Crippen LogP contribution in [0, 0.1) is 5.82 Å². The molecule has 1 aliphatic rings. The number of halogens is 1. The second-order valence-corrected chi connectivity index (χ2v) is 4.87. The molecule has 0 N–H and O–H groups in total. The number of carbonyl (C=O) groups excluding carboxylic acids is 1. The highest BCUT2D eigenvalue weighted by Crippen LogP contribution is 2.29. The molecule has 1 aromatic carbocycles. The minimum Gasteiger partial charge on any atom is -0.488 e. The van der Waals surface area contributed by atoms with Gasteiger partial charge in [-0.2, -0.15) is 5.10 Å². The molecule has 1 aliphatic heterocycles. The molecule has 0 saturated heterocycles. The smallest absolute Gasteiger partial charge is 0.341 e. The van der Waals surface area contributed by atoms with Crippen LogP contribution in [-0.4, -0.2) is 28.5 Å². The molecule has 6 heteroatoms. The van der Waals surface area contributed by atoms with Crippen molar-refractivity contribution in [1.29, 1.82) is 0 Å². The zero-order valence-corrected chi connectivity index (χ0v) is 11.6. The number of aromatic nitrogens is 2. The van der Waals surface area contributed by atoms with Crippen LogP contribution < -0.4 is 4.74 Å². The number of hydrogen-bond acceptors (Lipinski definition) is 4. The van der Waals surface area contributed by atoms with Gasteiger partial charge in [-0.05, 0) is 25.1 Å².